The highest BCUT2D eigenvalue weighted by molar-refractivity contribution is 7.99. The Morgan fingerprint density at radius 2 is 1.97 bits per heavy atom. The molecule has 2 aromatic carbocycles. The molecule has 3 aromatic rings. The molecule has 0 unspecified atom stereocenters. The lowest BCUT2D eigenvalue weighted by atomic mass is 10.1. The number of carbonyl (C=O) groups is 1. The predicted octanol–water partition coefficient (Wildman–Crippen LogP) is 3.93. The van der Waals surface area contributed by atoms with Crippen molar-refractivity contribution in [3.05, 3.63) is 59.9 Å². The monoisotopic (exact) mass is 455 g/mol. The summed E-state index contributed by atoms with van der Waals surface area (Å²) in [6.07, 6.45) is 1.16. The Balaban J connectivity index is 1.49. The number of nitrogens with one attached hydrogen (secondary N) is 1. The van der Waals surface area contributed by atoms with Gasteiger partial charge in [0.25, 0.3) is 0 Å². The molecule has 0 atom stereocenters. The minimum Gasteiger partial charge on any atom is -0.378 e. The van der Waals surface area contributed by atoms with E-state index in [0.717, 1.165) is 36.3 Å². The third-order valence-electron chi connectivity index (χ3n) is 5.20. The molecule has 0 spiro atoms. The molecule has 2 heterocycles. The molecule has 168 valence electrons. The summed E-state index contributed by atoms with van der Waals surface area (Å²) < 4.78 is 21.3. The number of nitrogens with zero attached hydrogens (tertiary/aromatic N) is 4. The number of ether oxygens (including phenoxy) is 1. The van der Waals surface area contributed by atoms with Crippen LogP contribution in [0.25, 0.3) is 5.69 Å². The zero-order valence-corrected chi connectivity index (χ0v) is 18.8. The Hall–Kier alpha value is -2.91. The van der Waals surface area contributed by atoms with E-state index in [9.17, 15) is 9.18 Å². The number of carbonyl (C=O) groups excluding carboxylic acids is 1. The van der Waals surface area contributed by atoms with Gasteiger partial charge in [-0.25, -0.2) is 4.39 Å². The fourth-order valence-corrected chi connectivity index (χ4v) is 4.36. The molecular weight excluding hydrogens is 429 g/mol. The van der Waals surface area contributed by atoms with Gasteiger partial charge in [0.1, 0.15) is 5.82 Å². The van der Waals surface area contributed by atoms with Gasteiger partial charge in [-0.05, 0) is 36.2 Å². The number of aryl methyl sites for hydroxylation is 1. The van der Waals surface area contributed by atoms with Gasteiger partial charge in [0.15, 0.2) is 5.16 Å². The number of rotatable bonds is 8. The second-order valence-electron chi connectivity index (χ2n) is 7.37. The van der Waals surface area contributed by atoms with Gasteiger partial charge in [-0.3, -0.25) is 9.36 Å². The number of halogens is 1. The molecule has 1 aliphatic heterocycles. The lowest BCUT2D eigenvalue weighted by Gasteiger charge is -2.28. The van der Waals surface area contributed by atoms with Crippen molar-refractivity contribution >= 4 is 29.3 Å². The molecule has 0 saturated carbocycles. The smallest absolute Gasteiger partial charge is 0.232 e. The van der Waals surface area contributed by atoms with Crippen LogP contribution in [-0.2, 0) is 16.0 Å². The normalized spacial score (nSPS) is 13.9. The van der Waals surface area contributed by atoms with Crippen LogP contribution >= 0.6 is 11.8 Å². The first-order valence-electron chi connectivity index (χ1n) is 10.7. The van der Waals surface area contributed by atoms with Gasteiger partial charge in [0.05, 0.1) is 24.6 Å². The van der Waals surface area contributed by atoms with Gasteiger partial charge in [-0.15, -0.1) is 10.2 Å². The van der Waals surface area contributed by atoms with E-state index in [1.165, 1.54) is 23.4 Å². The lowest BCUT2D eigenvalue weighted by molar-refractivity contribution is -0.115. The van der Waals surface area contributed by atoms with Crippen molar-refractivity contribution in [2.24, 2.45) is 0 Å². The SMILES string of the molecule is CCc1cccc(-n2c(SCCC(=O)Nc3ccccc3F)nnc2N2CCOCC2)c1. The van der Waals surface area contributed by atoms with Gasteiger partial charge in [-0.2, -0.15) is 0 Å². The topological polar surface area (TPSA) is 72.3 Å². The molecule has 0 bridgehead atoms. The van der Waals surface area contributed by atoms with E-state index in [1.807, 2.05) is 16.7 Å². The van der Waals surface area contributed by atoms with E-state index in [-0.39, 0.29) is 18.0 Å². The molecule has 9 heteroatoms. The van der Waals surface area contributed by atoms with E-state index in [0.29, 0.717) is 19.0 Å². The van der Waals surface area contributed by atoms with Crippen LogP contribution in [0.15, 0.2) is 53.7 Å². The molecule has 1 N–H and O–H groups in total. The molecule has 0 radical (unpaired) electrons. The second kappa shape index (κ2) is 10.6. The van der Waals surface area contributed by atoms with E-state index < -0.39 is 5.82 Å². The summed E-state index contributed by atoms with van der Waals surface area (Å²) in [4.78, 5) is 14.5. The summed E-state index contributed by atoms with van der Waals surface area (Å²) in [5, 5.41) is 12.2. The molecule has 1 saturated heterocycles. The first kappa shape index (κ1) is 22.3. The number of para-hydroxylation sites is 1. The highest BCUT2D eigenvalue weighted by Crippen LogP contribution is 2.28. The maximum Gasteiger partial charge on any atom is 0.232 e. The number of aromatic nitrogens is 3. The van der Waals surface area contributed by atoms with Crippen molar-refractivity contribution in [3.8, 4) is 5.69 Å². The number of hydrogen-bond acceptors (Lipinski definition) is 6. The Bertz CT molecular complexity index is 1070. The average Bonchev–Trinajstić information content (AvgIpc) is 3.25. The number of amides is 1. The summed E-state index contributed by atoms with van der Waals surface area (Å²) >= 11 is 1.46. The fraction of sp³-hybridized carbons (Fsp3) is 0.348. The Labute approximate surface area is 191 Å². The fourth-order valence-electron chi connectivity index (χ4n) is 3.48. The number of benzene rings is 2. The van der Waals surface area contributed by atoms with E-state index >= 15 is 0 Å². The summed E-state index contributed by atoms with van der Waals surface area (Å²) in [6.45, 7) is 4.93. The molecular formula is C23H26FN5O2S. The molecule has 0 aliphatic carbocycles. The van der Waals surface area contributed by atoms with Gasteiger partial charge in [-0.1, -0.05) is 43.0 Å². The van der Waals surface area contributed by atoms with Crippen LogP contribution in [0, 0.1) is 5.82 Å². The van der Waals surface area contributed by atoms with Gasteiger partial charge in [0, 0.05) is 25.3 Å². The van der Waals surface area contributed by atoms with Crippen LogP contribution in [-0.4, -0.2) is 52.7 Å². The van der Waals surface area contributed by atoms with E-state index in [4.69, 9.17) is 4.74 Å². The summed E-state index contributed by atoms with van der Waals surface area (Å²) in [5.74, 6) is 0.587. The highest BCUT2D eigenvalue weighted by atomic mass is 32.2. The molecule has 1 fully saturated rings. The number of morpholine rings is 1. The molecule has 32 heavy (non-hydrogen) atoms. The number of thioether (sulfide) groups is 1. The molecule has 7 nitrogen and oxygen atoms in total. The zero-order chi connectivity index (χ0) is 22.3. The Morgan fingerprint density at radius 3 is 2.75 bits per heavy atom. The quantitative estimate of drug-likeness (QED) is 0.519. The van der Waals surface area contributed by atoms with Crippen molar-refractivity contribution in [3.63, 3.8) is 0 Å². The highest BCUT2D eigenvalue weighted by Gasteiger charge is 2.22. The van der Waals surface area contributed by atoms with Crippen LogP contribution in [0.1, 0.15) is 18.9 Å². The van der Waals surface area contributed by atoms with E-state index in [1.54, 1.807) is 18.2 Å². The van der Waals surface area contributed by atoms with Crippen LogP contribution in [0.3, 0.4) is 0 Å². The van der Waals surface area contributed by atoms with Crippen molar-refractivity contribution in [2.45, 2.75) is 24.9 Å². The first-order chi connectivity index (χ1) is 15.7. The third-order valence-corrected chi connectivity index (χ3v) is 6.13. The summed E-state index contributed by atoms with van der Waals surface area (Å²) in [5.41, 5.74) is 2.41. The maximum atomic E-state index is 13.8. The number of hydrogen-bond donors (Lipinski definition) is 1. The third kappa shape index (κ3) is 5.28. The van der Waals surface area contributed by atoms with Crippen LogP contribution in [0.5, 0.6) is 0 Å². The van der Waals surface area contributed by atoms with Crippen molar-refractivity contribution in [1.82, 2.24) is 14.8 Å². The molecule has 1 aromatic heterocycles. The van der Waals surface area contributed by atoms with Crippen LogP contribution in [0.4, 0.5) is 16.0 Å². The lowest BCUT2D eigenvalue weighted by Crippen LogP contribution is -2.37. The first-order valence-corrected chi connectivity index (χ1v) is 11.7. The maximum absolute atomic E-state index is 13.8. The van der Waals surface area contributed by atoms with Crippen molar-refractivity contribution in [2.75, 3.05) is 42.3 Å². The second-order valence-corrected chi connectivity index (χ2v) is 8.43. The average molecular weight is 456 g/mol. The minimum atomic E-state index is -0.445. The summed E-state index contributed by atoms with van der Waals surface area (Å²) in [6, 6.07) is 14.5. The van der Waals surface area contributed by atoms with Crippen LogP contribution < -0.4 is 10.2 Å². The molecule has 1 aliphatic rings. The van der Waals surface area contributed by atoms with Crippen molar-refractivity contribution < 1.29 is 13.9 Å². The van der Waals surface area contributed by atoms with Crippen molar-refractivity contribution in [1.29, 1.82) is 0 Å². The molecule has 1 amide bonds. The van der Waals surface area contributed by atoms with Gasteiger partial charge in [0.2, 0.25) is 11.9 Å². The Kier molecular flexibility index (Phi) is 7.39. The van der Waals surface area contributed by atoms with E-state index in [2.05, 4.69) is 39.5 Å². The van der Waals surface area contributed by atoms with Crippen LogP contribution in [0.2, 0.25) is 0 Å². The number of anilines is 2. The zero-order valence-electron chi connectivity index (χ0n) is 18.0. The van der Waals surface area contributed by atoms with Gasteiger partial charge >= 0.3 is 0 Å². The Morgan fingerprint density at radius 1 is 1.16 bits per heavy atom. The summed E-state index contributed by atoms with van der Waals surface area (Å²) in [7, 11) is 0. The molecule has 4 rings (SSSR count). The minimum absolute atomic E-state index is 0.191. The van der Waals surface area contributed by atoms with Gasteiger partial charge < -0.3 is 15.0 Å². The largest absolute Gasteiger partial charge is 0.378 e. The standard InChI is InChI=1S/C23H26FN5O2S/c1-2-17-6-5-7-18(16-17)29-22(28-11-13-31-14-12-28)26-27-23(29)32-15-10-21(30)25-20-9-4-3-8-19(20)24/h3-9,16H,2,10-15H2,1H3,(H,25,30). The predicted molar refractivity (Wildman–Crippen MR) is 124 cm³/mol.